The molecule has 1 atom stereocenters. The molecule has 1 aliphatic heterocycles. The number of aliphatic carboxylic acids is 1. The number of carbonyl (C=O) groups is 3. The van der Waals surface area contributed by atoms with Crippen LogP contribution < -0.4 is 10.6 Å². The lowest BCUT2D eigenvalue weighted by molar-refractivity contribution is -0.141. The summed E-state index contributed by atoms with van der Waals surface area (Å²) in [7, 11) is 0. The average Bonchev–Trinajstić information content (AvgIpc) is 2.53. The highest BCUT2D eigenvalue weighted by Crippen LogP contribution is 2.09. The maximum absolute atomic E-state index is 12.1. The van der Waals surface area contributed by atoms with Crippen LogP contribution in [0.3, 0.4) is 0 Å². The van der Waals surface area contributed by atoms with Crippen LogP contribution in [-0.4, -0.2) is 28.9 Å². The maximum Gasteiger partial charge on any atom is 0.326 e. The fourth-order valence-electron chi connectivity index (χ4n) is 1.79. The van der Waals surface area contributed by atoms with E-state index in [-0.39, 0.29) is 30.0 Å². The molecule has 0 aliphatic carbocycles. The molecule has 0 aromatic carbocycles. The third kappa shape index (κ3) is 6.78. The monoisotopic (exact) mass is 320 g/mol. The number of hydrogen-bond donors (Lipinski definition) is 3. The zero-order valence-electron chi connectivity index (χ0n) is 13.6. The first kappa shape index (κ1) is 20.4. The van der Waals surface area contributed by atoms with Gasteiger partial charge in [0.1, 0.15) is 6.04 Å². The molecule has 0 spiro atoms. The molecule has 126 valence electrons. The Labute approximate surface area is 136 Å². The van der Waals surface area contributed by atoms with Crippen molar-refractivity contribution < 1.29 is 19.5 Å². The second-order valence-electron chi connectivity index (χ2n) is 4.39. The first-order chi connectivity index (χ1) is 11.0. The Morgan fingerprint density at radius 1 is 1.26 bits per heavy atom. The number of carboxylic acids is 1. The van der Waals surface area contributed by atoms with Gasteiger partial charge >= 0.3 is 5.97 Å². The summed E-state index contributed by atoms with van der Waals surface area (Å²) in [6.45, 7) is 11.1. The molecule has 1 rings (SSSR count). The van der Waals surface area contributed by atoms with Crippen molar-refractivity contribution in [2.24, 2.45) is 0 Å². The van der Waals surface area contributed by atoms with Gasteiger partial charge in [-0.05, 0) is 18.9 Å². The van der Waals surface area contributed by atoms with Crippen molar-refractivity contribution in [2.45, 2.75) is 39.2 Å². The third-order valence-corrected chi connectivity index (χ3v) is 2.90. The van der Waals surface area contributed by atoms with Crippen molar-refractivity contribution in [3.8, 4) is 0 Å². The van der Waals surface area contributed by atoms with E-state index in [1.54, 1.807) is 12.2 Å². The summed E-state index contributed by atoms with van der Waals surface area (Å²) in [5.41, 5.74) is 0.287. The Balaban J connectivity index is 0.00000232. The van der Waals surface area contributed by atoms with Gasteiger partial charge in [0, 0.05) is 6.42 Å². The van der Waals surface area contributed by atoms with Gasteiger partial charge in [0.2, 0.25) is 5.91 Å². The Bertz CT molecular complexity index is 533. The summed E-state index contributed by atoms with van der Waals surface area (Å²) in [4.78, 5) is 35.0. The zero-order valence-corrected chi connectivity index (χ0v) is 13.6. The normalized spacial score (nSPS) is 23.7. The first-order valence-electron chi connectivity index (χ1n) is 7.47. The molecule has 0 bridgehead atoms. The molecule has 1 heterocycles. The summed E-state index contributed by atoms with van der Waals surface area (Å²) >= 11 is 0. The van der Waals surface area contributed by atoms with Gasteiger partial charge in [0.15, 0.2) is 0 Å². The first-order valence-corrected chi connectivity index (χ1v) is 7.47. The second kappa shape index (κ2) is 11.0. The van der Waals surface area contributed by atoms with Gasteiger partial charge in [0.05, 0.1) is 11.3 Å². The van der Waals surface area contributed by atoms with Gasteiger partial charge in [-0.1, -0.05) is 45.2 Å². The molecule has 0 fully saturated rings. The van der Waals surface area contributed by atoms with Crippen molar-refractivity contribution in [2.75, 3.05) is 0 Å². The van der Waals surface area contributed by atoms with Crippen LogP contribution in [0, 0.1) is 0 Å². The van der Waals surface area contributed by atoms with Gasteiger partial charge in [-0.25, -0.2) is 4.79 Å². The number of amides is 2. The highest BCUT2D eigenvalue weighted by atomic mass is 16.4. The SMILES string of the molecule is C=C/C1=C(\C=C)C(=O)NC(C(=O)O)C/C=C/CCC(=O)N1.CC. The second-order valence-corrected chi connectivity index (χ2v) is 4.39. The van der Waals surface area contributed by atoms with Gasteiger partial charge in [-0.3, -0.25) is 9.59 Å². The van der Waals surface area contributed by atoms with E-state index in [4.69, 9.17) is 5.11 Å². The molecule has 1 aliphatic rings. The average molecular weight is 320 g/mol. The predicted molar refractivity (Wildman–Crippen MR) is 89.5 cm³/mol. The van der Waals surface area contributed by atoms with E-state index in [1.165, 1.54) is 12.2 Å². The smallest absolute Gasteiger partial charge is 0.326 e. The summed E-state index contributed by atoms with van der Waals surface area (Å²) in [5.74, 6) is -2.00. The standard InChI is InChI=1S/C15H18N2O4.C2H6/c1-3-10-11(4-2)16-13(18)9-7-5-6-8-12(15(20)21)17-14(10)19;1-2/h3-6,12H,1-2,7-9H2,(H,16,18)(H,17,19)(H,20,21);1-2H3/b6-5+,11-10-;. The van der Waals surface area contributed by atoms with E-state index < -0.39 is 17.9 Å². The van der Waals surface area contributed by atoms with Crippen LogP contribution >= 0.6 is 0 Å². The van der Waals surface area contributed by atoms with Crippen LogP contribution in [0.4, 0.5) is 0 Å². The number of nitrogens with one attached hydrogen (secondary N) is 2. The molecule has 6 heteroatoms. The fraction of sp³-hybridized carbons (Fsp3) is 0.353. The number of carbonyl (C=O) groups excluding carboxylic acids is 2. The lowest BCUT2D eigenvalue weighted by Crippen LogP contribution is -2.41. The molecule has 0 aromatic rings. The van der Waals surface area contributed by atoms with E-state index in [9.17, 15) is 14.4 Å². The lowest BCUT2D eigenvalue weighted by atomic mass is 10.1. The quantitative estimate of drug-likeness (QED) is 0.694. The topological polar surface area (TPSA) is 95.5 Å². The summed E-state index contributed by atoms with van der Waals surface area (Å²) < 4.78 is 0. The molecule has 2 amide bonds. The van der Waals surface area contributed by atoms with E-state index >= 15 is 0 Å². The van der Waals surface area contributed by atoms with Gasteiger partial charge < -0.3 is 15.7 Å². The molecule has 3 N–H and O–H groups in total. The van der Waals surface area contributed by atoms with E-state index in [1.807, 2.05) is 13.8 Å². The molecule has 0 radical (unpaired) electrons. The fourth-order valence-corrected chi connectivity index (χ4v) is 1.79. The van der Waals surface area contributed by atoms with Crippen LogP contribution in [-0.2, 0) is 14.4 Å². The highest BCUT2D eigenvalue weighted by Gasteiger charge is 2.21. The van der Waals surface area contributed by atoms with Crippen LogP contribution in [0.25, 0.3) is 0 Å². The zero-order chi connectivity index (χ0) is 17.8. The molecule has 6 nitrogen and oxygen atoms in total. The molecular formula is C17H24N2O4. The minimum Gasteiger partial charge on any atom is -0.480 e. The third-order valence-electron chi connectivity index (χ3n) is 2.90. The summed E-state index contributed by atoms with van der Waals surface area (Å²) in [6.07, 6.45) is 6.81. The lowest BCUT2D eigenvalue weighted by Gasteiger charge is -2.16. The van der Waals surface area contributed by atoms with Crippen molar-refractivity contribution >= 4 is 17.8 Å². The van der Waals surface area contributed by atoms with Gasteiger partial charge in [-0.2, -0.15) is 0 Å². The molecule has 0 saturated carbocycles. The summed E-state index contributed by atoms with van der Waals surface area (Å²) in [5, 5.41) is 14.1. The number of hydrogen-bond acceptors (Lipinski definition) is 3. The van der Waals surface area contributed by atoms with E-state index in [0.29, 0.717) is 6.42 Å². The Kier molecular flexibility index (Phi) is 9.75. The largest absolute Gasteiger partial charge is 0.480 e. The van der Waals surface area contributed by atoms with Crippen LogP contribution in [0.1, 0.15) is 33.1 Å². The molecule has 1 unspecified atom stereocenters. The summed E-state index contributed by atoms with van der Waals surface area (Å²) in [6, 6.07) is -1.04. The van der Waals surface area contributed by atoms with E-state index in [2.05, 4.69) is 23.8 Å². The number of allylic oxidation sites excluding steroid dienone is 2. The minimum atomic E-state index is -1.13. The molecule has 0 saturated heterocycles. The Hall–Kier alpha value is -2.63. The van der Waals surface area contributed by atoms with Crippen LogP contribution in [0.15, 0.2) is 48.7 Å². The van der Waals surface area contributed by atoms with E-state index in [0.717, 1.165) is 0 Å². The van der Waals surface area contributed by atoms with Gasteiger partial charge in [0.25, 0.3) is 5.91 Å². The van der Waals surface area contributed by atoms with Crippen molar-refractivity contribution in [1.29, 1.82) is 0 Å². The number of rotatable bonds is 3. The predicted octanol–water partition coefficient (Wildman–Crippen LogP) is 2.06. The minimum absolute atomic E-state index is 0.0779. The van der Waals surface area contributed by atoms with Crippen molar-refractivity contribution in [3.63, 3.8) is 0 Å². The van der Waals surface area contributed by atoms with Crippen LogP contribution in [0.5, 0.6) is 0 Å². The maximum atomic E-state index is 12.1. The number of carboxylic acid groups (broad SMARTS) is 1. The molecular weight excluding hydrogens is 296 g/mol. The Morgan fingerprint density at radius 2 is 1.91 bits per heavy atom. The molecule has 0 aromatic heterocycles. The highest BCUT2D eigenvalue weighted by molar-refractivity contribution is 6.00. The molecule has 23 heavy (non-hydrogen) atoms. The van der Waals surface area contributed by atoms with Crippen molar-refractivity contribution in [1.82, 2.24) is 10.6 Å². The van der Waals surface area contributed by atoms with Gasteiger partial charge in [-0.15, -0.1) is 0 Å². The van der Waals surface area contributed by atoms with Crippen LogP contribution in [0.2, 0.25) is 0 Å². The Morgan fingerprint density at radius 3 is 2.43 bits per heavy atom. The van der Waals surface area contributed by atoms with Crippen molar-refractivity contribution in [3.05, 3.63) is 48.7 Å².